The highest BCUT2D eigenvalue weighted by atomic mass is 16.7. The highest BCUT2D eigenvalue weighted by molar-refractivity contribution is 5.44. The molecule has 3 aliphatic rings. The topological polar surface area (TPSA) is 69.9 Å². The molecule has 0 unspecified atom stereocenters. The molecule has 7 heteroatoms. The van der Waals surface area contributed by atoms with Crippen molar-refractivity contribution in [1.29, 1.82) is 0 Å². The van der Waals surface area contributed by atoms with Crippen LogP contribution in [-0.4, -0.2) is 47.6 Å². The number of benzene rings is 1. The van der Waals surface area contributed by atoms with Gasteiger partial charge in [-0.15, -0.1) is 0 Å². The van der Waals surface area contributed by atoms with E-state index in [1.54, 1.807) is 0 Å². The van der Waals surface area contributed by atoms with Crippen LogP contribution in [0.2, 0.25) is 0 Å². The van der Waals surface area contributed by atoms with Crippen LogP contribution in [0.1, 0.15) is 17.3 Å². The molecule has 0 N–H and O–H groups in total. The molecule has 0 saturated carbocycles. The summed E-state index contributed by atoms with van der Waals surface area (Å²) in [5.74, 6) is 4.08. The van der Waals surface area contributed by atoms with E-state index in [0.717, 1.165) is 50.1 Å². The molecule has 2 saturated heterocycles. The lowest BCUT2D eigenvalue weighted by Crippen LogP contribution is -2.24. The highest BCUT2D eigenvalue weighted by Gasteiger charge is 2.44. The molecule has 4 heterocycles. The Labute approximate surface area is 145 Å². The Bertz CT molecular complexity index is 777. The van der Waals surface area contributed by atoms with Crippen molar-refractivity contribution in [2.24, 2.45) is 11.8 Å². The van der Waals surface area contributed by atoms with Crippen LogP contribution < -0.4 is 9.47 Å². The smallest absolute Gasteiger partial charge is 0.231 e. The predicted molar refractivity (Wildman–Crippen MR) is 87.3 cm³/mol. The summed E-state index contributed by atoms with van der Waals surface area (Å²) in [7, 11) is 0. The van der Waals surface area contributed by atoms with Crippen molar-refractivity contribution in [2.75, 3.05) is 26.5 Å². The first-order chi connectivity index (χ1) is 12.2. The number of hydrogen-bond donors (Lipinski definition) is 0. The summed E-state index contributed by atoms with van der Waals surface area (Å²) in [6.07, 6.45) is 1.11. The molecule has 3 atom stereocenters. The molecule has 0 aliphatic carbocycles. The minimum absolute atomic E-state index is 0.308. The lowest BCUT2D eigenvalue weighted by Gasteiger charge is -2.19. The third-order valence-corrected chi connectivity index (χ3v) is 5.36. The van der Waals surface area contributed by atoms with E-state index in [9.17, 15) is 0 Å². The number of fused-ring (bicyclic) bond motifs is 2. The Morgan fingerprint density at radius 2 is 2.12 bits per heavy atom. The second kappa shape index (κ2) is 6.00. The first-order valence-corrected chi connectivity index (χ1v) is 8.76. The Morgan fingerprint density at radius 1 is 1.20 bits per heavy atom. The summed E-state index contributed by atoms with van der Waals surface area (Å²) in [6, 6.07) is 6.18. The quantitative estimate of drug-likeness (QED) is 0.838. The van der Waals surface area contributed by atoms with Gasteiger partial charge in [-0.05, 0) is 30.5 Å². The zero-order valence-electron chi connectivity index (χ0n) is 14.2. The molecule has 0 radical (unpaired) electrons. The molecule has 132 valence electrons. The molecule has 5 rings (SSSR count). The summed E-state index contributed by atoms with van der Waals surface area (Å²) in [6.45, 7) is 5.87. The summed E-state index contributed by atoms with van der Waals surface area (Å²) in [5, 5.41) is 3.88. The van der Waals surface area contributed by atoms with Gasteiger partial charge in [0.05, 0.1) is 12.7 Å². The van der Waals surface area contributed by atoms with Gasteiger partial charge in [-0.1, -0.05) is 11.2 Å². The van der Waals surface area contributed by atoms with Crippen LogP contribution in [0, 0.1) is 18.8 Å². The van der Waals surface area contributed by atoms with Gasteiger partial charge < -0.3 is 18.7 Å². The molecule has 0 spiro atoms. The molecule has 0 amide bonds. The maximum atomic E-state index is 6.03. The maximum Gasteiger partial charge on any atom is 0.231 e. The Balaban J connectivity index is 1.23. The fourth-order valence-corrected chi connectivity index (χ4v) is 4.16. The van der Waals surface area contributed by atoms with Crippen LogP contribution >= 0.6 is 0 Å². The van der Waals surface area contributed by atoms with Gasteiger partial charge >= 0.3 is 0 Å². The molecular weight excluding hydrogens is 322 g/mol. The summed E-state index contributed by atoms with van der Waals surface area (Å²) in [4.78, 5) is 6.79. The van der Waals surface area contributed by atoms with Crippen molar-refractivity contribution in [2.45, 2.75) is 26.0 Å². The summed E-state index contributed by atoms with van der Waals surface area (Å²) in [5.41, 5.74) is 1.24. The van der Waals surface area contributed by atoms with Gasteiger partial charge in [0, 0.05) is 32.0 Å². The number of likely N-dealkylation sites (tertiary alicyclic amines) is 1. The largest absolute Gasteiger partial charge is 0.454 e. The molecular formula is C18H21N3O4. The molecule has 1 aromatic heterocycles. The van der Waals surface area contributed by atoms with Crippen molar-refractivity contribution in [3.8, 4) is 11.5 Å². The van der Waals surface area contributed by atoms with E-state index in [4.69, 9.17) is 18.7 Å². The van der Waals surface area contributed by atoms with Gasteiger partial charge in [-0.2, -0.15) is 4.98 Å². The standard InChI is InChI=1S/C18H21N3O4/c1-11-19-18(25-20-11)5-13-9-22-17-8-21(7-14(13)17)6-12-2-3-15-16(4-12)24-10-23-15/h2-4,13-14,17H,5-10H2,1H3/t13-,14+,17+/m0/s1. The minimum atomic E-state index is 0.308. The average molecular weight is 343 g/mol. The van der Waals surface area contributed by atoms with E-state index in [0.29, 0.717) is 30.6 Å². The van der Waals surface area contributed by atoms with E-state index < -0.39 is 0 Å². The molecule has 7 nitrogen and oxygen atoms in total. The highest BCUT2D eigenvalue weighted by Crippen LogP contribution is 2.37. The number of rotatable bonds is 4. The van der Waals surface area contributed by atoms with Crippen LogP contribution in [0.25, 0.3) is 0 Å². The lowest BCUT2D eigenvalue weighted by atomic mass is 9.90. The maximum absolute atomic E-state index is 6.03. The predicted octanol–water partition coefficient (Wildman–Crippen LogP) is 1.80. The van der Waals surface area contributed by atoms with Gasteiger partial charge in [0.15, 0.2) is 17.3 Å². The van der Waals surface area contributed by atoms with Gasteiger partial charge in [-0.25, -0.2) is 0 Å². The first kappa shape index (κ1) is 15.2. The van der Waals surface area contributed by atoms with Crippen molar-refractivity contribution in [3.63, 3.8) is 0 Å². The SMILES string of the molecule is Cc1noc(C[C@H]2CO[C@@H]3CN(Cc4ccc5c(c4)OCO5)C[C@H]23)n1. The first-order valence-electron chi connectivity index (χ1n) is 8.76. The van der Waals surface area contributed by atoms with Crippen molar-refractivity contribution in [1.82, 2.24) is 15.0 Å². The van der Waals surface area contributed by atoms with Crippen LogP contribution in [0.3, 0.4) is 0 Å². The second-order valence-corrected chi connectivity index (χ2v) is 7.12. The van der Waals surface area contributed by atoms with E-state index >= 15 is 0 Å². The number of hydrogen-bond acceptors (Lipinski definition) is 7. The van der Waals surface area contributed by atoms with Crippen LogP contribution in [-0.2, 0) is 17.7 Å². The number of aromatic nitrogens is 2. The number of aryl methyl sites for hydroxylation is 1. The van der Waals surface area contributed by atoms with Gasteiger partial charge in [0.2, 0.25) is 12.7 Å². The molecule has 1 aromatic carbocycles. The van der Waals surface area contributed by atoms with Crippen molar-refractivity contribution >= 4 is 0 Å². The third kappa shape index (κ3) is 2.87. The monoisotopic (exact) mass is 343 g/mol. The van der Waals surface area contributed by atoms with Gasteiger partial charge in [0.25, 0.3) is 0 Å². The van der Waals surface area contributed by atoms with Gasteiger partial charge in [-0.3, -0.25) is 4.90 Å². The van der Waals surface area contributed by atoms with Gasteiger partial charge in [0.1, 0.15) is 0 Å². The average Bonchev–Trinajstić information content (AvgIpc) is 3.34. The zero-order chi connectivity index (χ0) is 16.8. The Hall–Kier alpha value is -2.12. The normalized spacial score (nSPS) is 27.8. The third-order valence-electron chi connectivity index (χ3n) is 5.36. The van der Waals surface area contributed by atoms with E-state index in [-0.39, 0.29) is 0 Å². The fraction of sp³-hybridized carbons (Fsp3) is 0.556. The molecule has 3 aliphatic heterocycles. The van der Waals surface area contributed by atoms with E-state index in [2.05, 4.69) is 27.2 Å². The molecule has 0 bridgehead atoms. The zero-order valence-corrected chi connectivity index (χ0v) is 14.2. The Morgan fingerprint density at radius 3 is 3.00 bits per heavy atom. The number of nitrogens with zero attached hydrogens (tertiary/aromatic N) is 3. The van der Waals surface area contributed by atoms with E-state index in [1.165, 1.54) is 5.56 Å². The van der Waals surface area contributed by atoms with Crippen LogP contribution in [0.5, 0.6) is 11.5 Å². The second-order valence-electron chi connectivity index (χ2n) is 7.12. The minimum Gasteiger partial charge on any atom is -0.454 e. The molecule has 25 heavy (non-hydrogen) atoms. The summed E-state index contributed by atoms with van der Waals surface area (Å²) < 4.78 is 22.2. The van der Waals surface area contributed by atoms with Crippen molar-refractivity contribution in [3.05, 3.63) is 35.5 Å². The molecule has 2 fully saturated rings. The lowest BCUT2D eigenvalue weighted by molar-refractivity contribution is 0.0935. The van der Waals surface area contributed by atoms with Crippen LogP contribution in [0.15, 0.2) is 22.7 Å². The van der Waals surface area contributed by atoms with Crippen LogP contribution in [0.4, 0.5) is 0 Å². The number of ether oxygens (including phenoxy) is 3. The fourth-order valence-electron chi connectivity index (χ4n) is 4.16. The Kier molecular flexibility index (Phi) is 3.64. The molecule has 2 aromatic rings. The van der Waals surface area contributed by atoms with E-state index in [1.807, 2.05) is 13.0 Å². The van der Waals surface area contributed by atoms with Crippen molar-refractivity contribution < 1.29 is 18.7 Å². The summed E-state index contributed by atoms with van der Waals surface area (Å²) >= 11 is 0.